The lowest BCUT2D eigenvalue weighted by Crippen LogP contribution is -2.19. The summed E-state index contributed by atoms with van der Waals surface area (Å²) in [5.74, 6) is 0. The third-order valence-electron chi connectivity index (χ3n) is 3.40. The van der Waals surface area contributed by atoms with Crippen molar-refractivity contribution >= 4 is 33.2 Å². The third kappa shape index (κ3) is 3.26. The first-order valence-corrected chi connectivity index (χ1v) is 7.77. The highest BCUT2D eigenvalue weighted by Gasteiger charge is 2.08. The number of nitrogens with zero attached hydrogens (tertiary/aromatic N) is 3. The van der Waals surface area contributed by atoms with E-state index in [4.69, 9.17) is 11.6 Å². The Labute approximate surface area is 136 Å². The highest BCUT2D eigenvalue weighted by Crippen LogP contribution is 2.17. The monoisotopic (exact) mass is 364 g/mol. The normalized spacial score (nSPS) is 12.7. The summed E-state index contributed by atoms with van der Waals surface area (Å²) in [5.41, 5.74) is 3.14. The molecule has 0 amide bonds. The van der Waals surface area contributed by atoms with Gasteiger partial charge in [0, 0.05) is 23.8 Å². The summed E-state index contributed by atoms with van der Waals surface area (Å²) in [5, 5.41) is 4.25. The first kappa shape index (κ1) is 14.5. The van der Waals surface area contributed by atoms with Gasteiger partial charge in [0.2, 0.25) is 0 Å². The SMILES string of the molecule is C[C@H](NCc1cnc2cnc(Br)cn12)c1ccc(Cl)cc1. The maximum atomic E-state index is 5.91. The second-order valence-electron chi connectivity index (χ2n) is 4.84. The maximum Gasteiger partial charge on any atom is 0.155 e. The van der Waals surface area contributed by atoms with E-state index >= 15 is 0 Å². The summed E-state index contributed by atoms with van der Waals surface area (Å²) < 4.78 is 2.82. The second kappa shape index (κ2) is 6.13. The molecule has 1 N–H and O–H groups in total. The van der Waals surface area contributed by atoms with Crippen LogP contribution in [0.1, 0.15) is 24.2 Å². The lowest BCUT2D eigenvalue weighted by Gasteiger charge is -2.14. The largest absolute Gasteiger partial charge is 0.305 e. The van der Waals surface area contributed by atoms with Crippen LogP contribution in [0, 0.1) is 0 Å². The predicted octanol–water partition coefficient (Wildman–Crippen LogP) is 4.00. The van der Waals surface area contributed by atoms with Gasteiger partial charge in [-0.2, -0.15) is 0 Å². The van der Waals surface area contributed by atoms with Crippen molar-refractivity contribution in [1.82, 2.24) is 19.7 Å². The number of halogens is 2. The van der Waals surface area contributed by atoms with Gasteiger partial charge in [-0.15, -0.1) is 0 Å². The fourth-order valence-corrected chi connectivity index (χ4v) is 2.61. The molecule has 0 aliphatic rings. The molecule has 0 bridgehead atoms. The van der Waals surface area contributed by atoms with Crippen LogP contribution in [-0.4, -0.2) is 14.4 Å². The number of hydrogen-bond donors (Lipinski definition) is 1. The van der Waals surface area contributed by atoms with Crippen molar-refractivity contribution in [2.75, 3.05) is 0 Å². The van der Waals surface area contributed by atoms with Crippen LogP contribution in [0.15, 0.2) is 47.5 Å². The van der Waals surface area contributed by atoms with Crippen molar-refractivity contribution < 1.29 is 0 Å². The highest BCUT2D eigenvalue weighted by molar-refractivity contribution is 9.10. The molecule has 0 aliphatic carbocycles. The summed E-state index contributed by atoms with van der Waals surface area (Å²) >= 11 is 9.29. The van der Waals surface area contributed by atoms with Crippen molar-refractivity contribution in [3.63, 3.8) is 0 Å². The minimum Gasteiger partial charge on any atom is -0.305 e. The molecule has 2 heterocycles. The van der Waals surface area contributed by atoms with Crippen LogP contribution in [0.4, 0.5) is 0 Å². The van der Waals surface area contributed by atoms with E-state index in [0.29, 0.717) is 0 Å². The van der Waals surface area contributed by atoms with Crippen LogP contribution in [0.3, 0.4) is 0 Å². The van der Waals surface area contributed by atoms with E-state index in [2.05, 4.69) is 38.1 Å². The molecule has 2 aromatic heterocycles. The smallest absolute Gasteiger partial charge is 0.155 e. The predicted molar refractivity (Wildman–Crippen MR) is 87.4 cm³/mol. The number of benzene rings is 1. The van der Waals surface area contributed by atoms with Gasteiger partial charge >= 0.3 is 0 Å². The zero-order valence-corrected chi connectivity index (χ0v) is 13.8. The molecule has 1 atom stereocenters. The summed E-state index contributed by atoms with van der Waals surface area (Å²) in [4.78, 5) is 8.52. The van der Waals surface area contributed by atoms with Gasteiger partial charge in [0.25, 0.3) is 0 Å². The van der Waals surface area contributed by atoms with E-state index < -0.39 is 0 Å². The Kier molecular flexibility index (Phi) is 4.24. The fourth-order valence-electron chi connectivity index (χ4n) is 2.17. The Morgan fingerprint density at radius 3 is 2.76 bits per heavy atom. The van der Waals surface area contributed by atoms with Gasteiger partial charge in [0.05, 0.1) is 18.1 Å². The summed E-state index contributed by atoms with van der Waals surface area (Å²) in [6.07, 6.45) is 5.54. The standard InChI is InChI=1S/C15H14BrClN4/c1-10(11-2-4-12(17)5-3-11)18-6-13-7-20-15-8-19-14(16)9-21(13)15/h2-5,7-10,18H,6H2,1H3/t10-/m0/s1. The third-order valence-corrected chi connectivity index (χ3v) is 4.06. The molecule has 0 aliphatic heterocycles. The molecule has 6 heteroatoms. The van der Waals surface area contributed by atoms with Crippen molar-refractivity contribution in [3.05, 3.63) is 63.7 Å². The molecule has 1 aromatic carbocycles. The summed E-state index contributed by atoms with van der Waals surface area (Å²) in [7, 11) is 0. The molecule has 4 nitrogen and oxygen atoms in total. The van der Waals surface area contributed by atoms with Gasteiger partial charge in [-0.3, -0.25) is 4.40 Å². The lowest BCUT2D eigenvalue weighted by molar-refractivity contribution is 0.565. The van der Waals surface area contributed by atoms with E-state index in [1.54, 1.807) is 6.20 Å². The van der Waals surface area contributed by atoms with Gasteiger partial charge in [0.15, 0.2) is 5.65 Å². The fraction of sp³-hybridized carbons (Fsp3) is 0.200. The van der Waals surface area contributed by atoms with E-state index in [-0.39, 0.29) is 6.04 Å². The first-order valence-electron chi connectivity index (χ1n) is 6.60. The quantitative estimate of drug-likeness (QED) is 0.760. The Balaban J connectivity index is 1.74. The molecule has 0 saturated heterocycles. The summed E-state index contributed by atoms with van der Waals surface area (Å²) in [6.45, 7) is 2.85. The molecule has 3 aromatic rings. The minimum absolute atomic E-state index is 0.234. The number of imidazole rings is 1. The van der Waals surface area contributed by atoms with Gasteiger partial charge in [-0.1, -0.05) is 23.7 Å². The zero-order chi connectivity index (χ0) is 14.8. The molecule has 21 heavy (non-hydrogen) atoms. The van der Waals surface area contributed by atoms with Crippen LogP contribution >= 0.6 is 27.5 Å². The van der Waals surface area contributed by atoms with Crippen molar-refractivity contribution in [1.29, 1.82) is 0 Å². The average molecular weight is 366 g/mol. The molecular weight excluding hydrogens is 352 g/mol. The van der Waals surface area contributed by atoms with Crippen molar-refractivity contribution in [2.45, 2.75) is 19.5 Å². The van der Waals surface area contributed by atoms with Gasteiger partial charge in [0.1, 0.15) is 4.60 Å². The van der Waals surface area contributed by atoms with Crippen LogP contribution in [0.25, 0.3) is 5.65 Å². The Bertz CT molecular complexity index is 754. The molecule has 0 spiro atoms. The van der Waals surface area contributed by atoms with Gasteiger partial charge < -0.3 is 5.32 Å². The molecule has 108 valence electrons. The topological polar surface area (TPSA) is 42.2 Å². The minimum atomic E-state index is 0.234. The Morgan fingerprint density at radius 1 is 1.24 bits per heavy atom. The average Bonchev–Trinajstić information content (AvgIpc) is 2.88. The lowest BCUT2D eigenvalue weighted by atomic mass is 10.1. The second-order valence-corrected chi connectivity index (χ2v) is 6.09. The van der Waals surface area contributed by atoms with Crippen molar-refractivity contribution in [3.8, 4) is 0 Å². The van der Waals surface area contributed by atoms with E-state index in [0.717, 1.165) is 27.5 Å². The van der Waals surface area contributed by atoms with E-state index in [1.165, 1.54) is 5.56 Å². The number of aromatic nitrogens is 3. The maximum absolute atomic E-state index is 5.91. The van der Waals surface area contributed by atoms with Gasteiger partial charge in [-0.25, -0.2) is 9.97 Å². The van der Waals surface area contributed by atoms with E-state index in [9.17, 15) is 0 Å². The Morgan fingerprint density at radius 2 is 2.00 bits per heavy atom. The molecular formula is C15H14BrClN4. The molecule has 0 unspecified atom stereocenters. The van der Waals surface area contributed by atoms with Crippen LogP contribution in [-0.2, 0) is 6.54 Å². The van der Waals surface area contributed by atoms with Crippen molar-refractivity contribution in [2.24, 2.45) is 0 Å². The first-order chi connectivity index (χ1) is 10.1. The number of hydrogen-bond acceptors (Lipinski definition) is 3. The Hall–Kier alpha value is -1.43. The van der Waals surface area contributed by atoms with Crippen LogP contribution in [0.5, 0.6) is 0 Å². The number of nitrogens with one attached hydrogen (secondary N) is 1. The number of fused-ring (bicyclic) bond motifs is 1. The zero-order valence-electron chi connectivity index (χ0n) is 11.4. The molecule has 0 saturated carbocycles. The van der Waals surface area contributed by atoms with Crippen LogP contribution < -0.4 is 5.32 Å². The molecule has 0 fully saturated rings. The summed E-state index contributed by atoms with van der Waals surface area (Å²) in [6, 6.07) is 8.13. The molecule has 3 rings (SSSR count). The molecule has 0 radical (unpaired) electrons. The highest BCUT2D eigenvalue weighted by atomic mass is 79.9. The van der Waals surface area contributed by atoms with Crippen LogP contribution in [0.2, 0.25) is 5.02 Å². The van der Waals surface area contributed by atoms with Gasteiger partial charge in [-0.05, 0) is 40.5 Å². The van der Waals surface area contributed by atoms with E-state index in [1.807, 2.05) is 41.1 Å². The number of rotatable bonds is 4.